The summed E-state index contributed by atoms with van der Waals surface area (Å²) in [5.74, 6) is 1.66. The Morgan fingerprint density at radius 3 is 2.27 bits per heavy atom. The summed E-state index contributed by atoms with van der Waals surface area (Å²) in [5, 5.41) is 3.11. The number of methoxy groups -OCH3 is 2. The van der Waals surface area contributed by atoms with E-state index < -0.39 is 0 Å². The lowest BCUT2D eigenvalue weighted by molar-refractivity contribution is 0.0931. The third-order valence-electron chi connectivity index (χ3n) is 4.89. The van der Waals surface area contributed by atoms with Gasteiger partial charge in [0, 0.05) is 0 Å². The Kier molecular flexibility index (Phi) is 7.33. The lowest BCUT2D eigenvalue weighted by atomic mass is 10.0. The zero-order chi connectivity index (χ0) is 21.3. The first kappa shape index (κ1) is 21.2. The lowest BCUT2D eigenvalue weighted by Crippen LogP contribution is -2.28. The van der Waals surface area contributed by atoms with Gasteiger partial charge in [0.2, 0.25) is 0 Å². The predicted molar refractivity (Wildman–Crippen MR) is 117 cm³/mol. The van der Waals surface area contributed by atoms with Crippen molar-refractivity contribution in [1.82, 2.24) is 5.32 Å². The highest BCUT2D eigenvalue weighted by Crippen LogP contribution is 2.31. The van der Waals surface area contributed by atoms with Gasteiger partial charge in [0.25, 0.3) is 5.91 Å². The van der Waals surface area contributed by atoms with Gasteiger partial charge in [-0.2, -0.15) is 0 Å². The van der Waals surface area contributed by atoms with Crippen LogP contribution in [-0.4, -0.2) is 20.1 Å². The summed E-state index contributed by atoms with van der Waals surface area (Å²) in [6.45, 7) is 2.43. The molecule has 1 atom stereocenters. The summed E-state index contributed by atoms with van der Waals surface area (Å²) < 4.78 is 16.6. The van der Waals surface area contributed by atoms with Crippen LogP contribution in [0.4, 0.5) is 0 Å². The topological polar surface area (TPSA) is 56.8 Å². The maximum Gasteiger partial charge on any atom is 0.255 e. The second-order valence-electron chi connectivity index (χ2n) is 6.82. The number of carbonyl (C=O) groups excluding carboxylic acids is 1. The predicted octanol–water partition coefficient (Wildman–Crippen LogP) is 5.16. The van der Waals surface area contributed by atoms with Gasteiger partial charge in [-0.3, -0.25) is 4.79 Å². The number of hydrogen-bond acceptors (Lipinski definition) is 4. The minimum Gasteiger partial charge on any atom is -0.493 e. The fourth-order valence-corrected chi connectivity index (χ4v) is 3.24. The largest absolute Gasteiger partial charge is 0.493 e. The molecule has 156 valence electrons. The van der Waals surface area contributed by atoms with Crippen molar-refractivity contribution in [2.45, 2.75) is 26.0 Å². The highest BCUT2D eigenvalue weighted by Gasteiger charge is 2.19. The second kappa shape index (κ2) is 10.3. The van der Waals surface area contributed by atoms with E-state index >= 15 is 0 Å². The number of ether oxygens (including phenoxy) is 3. The molecule has 0 saturated carbocycles. The lowest BCUT2D eigenvalue weighted by Gasteiger charge is -2.20. The Hall–Kier alpha value is -3.47. The van der Waals surface area contributed by atoms with E-state index in [0.29, 0.717) is 29.4 Å². The number of rotatable bonds is 9. The van der Waals surface area contributed by atoms with Crippen molar-refractivity contribution in [3.8, 4) is 17.2 Å². The zero-order valence-corrected chi connectivity index (χ0v) is 17.6. The van der Waals surface area contributed by atoms with Gasteiger partial charge in [-0.15, -0.1) is 0 Å². The molecule has 3 aromatic rings. The summed E-state index contributed by atoms with van der Waals surface area (Å²) in [4.78, 5) is 13.0. The quantitative estimate of drug-likeness (QED) is 0.534. The number of carbonyl (C=O) groups is 1. The highest BCUT2D eigenvalue weighted by molar-refractivity contribution is 5.97. The van der Waals surface area contributed by atoms with Gasteiger partial charge in [0.1, 0.15) is 12.4 Å². The van der Waals surface area contributed by atoms with Crippen LogP contribution in [0.25, 0.3) is 0 Å². The fourth-order valence-electron chi connectivity index (χ4n) is 3.24. The normalized spacial score (nSPS) is 11.4. The van der Waals surface area contributed by atoms with E-state index in [9.17, 15) is 4.79 Å². The monoisotopic (exact) mass is 405 g/mol. The first-order chi connectivity index (χ1) is 14.7. The van der Waals surface area contributed by atoms with Crippen molar-refractivity contribution >= 4 is 5.91 Å². The molecular formula is C25H27NO4. The Balaban J connectivity index is 1.76. The molecule has 0 radical (unpaired) electrons. The minimum atomic E-state index is -0.180. The average molecular weight is 405 g/mol. The van der Waals surface area contributed by atoms with Crippen LogP contribution in [0.3, 0.4) is 0 Å². The molecule has 1 amide bonds. The van der Waals surface area contributed by atoms with Gasteiger partial charge in [-0.25, -0.2) is 0 Å². The molecule has 0 aliphatic heterocycles. The number of nitrogens with one attached hydrogen (secondary N) is 1. The molecule has 0 aromatic heterocycles. The molecule has 3 aromatic carbocycles. The van der Waals surface area contributed by atoms with Gasteiger partial charge >= 0.3 is 0 Å². The third-order valence-corrected chi connectivity index (χ3v) is 4.89. The van der Waals surface area contributed by atoms with E-state index in [1.807, 2.05) is 73.7 Å². The average Bonchev–Trinajstić information content (AvgIpc) is 2.81. The van der Waals surface area contributed by atoms with Crippen molar-refractivity contribution in [3.63, 3.8) is 0 Å². The maximum absolute atomic E-state index is 13.0. The summed E-state index contributed by atoms with van der Waals surface area (Å²) in [6.07, 6.45) is 0.730. The first-order valence-electron chi connectivity index (χ1n) is 9.94. The van der Waals surface area contributed by atoms with Crippen LogP contribution in [-0.2, 0) is 6.61 Å². The Bertz CT molecular complexity index is 972. The Morgan fingerprint density at radius 2 is 1.57 bits per heavy atom. The minimum absolute atomic E-state index is 0.167. The van der Waals surface area contributed by atoms with Gasteiger partial charge in [-0.1, -0.05) is 55.5 Å². The van der Waals surface area contributed by atoms with E-state index in [0.717, 1.165) is 17.5 Å². The van der Waals surface area contributed by atoms with E-state index in [2.05, 4.69) is 5.32 Å². The van der Waals surface area contributed by atoms with Gasteiger partial charge < -0.3 is 19.5 Å². The summed E-state index contributed by atoms with van der Waals surface area (Å²) in [5.41, 5.74) is 2.50. The van der Waals surface area contributed by atoms with Crippen molar-refractivity contribution in [1.29, 1.82) is 0 Å². The molecule has 5 nitrogen and oxygen atoms in total. The molecule has 3 rings (SSSR count). The van der Waals surface area contributed by atoms with Crippen LogP contribution in [0.2, 0.25) is 0 Å². The molecule has 0 bridgehead atoms. The van der Waals surface area contributed by atoms with Crippen molar-refractivity contribution in [2.24, 2.45) is 0 Å². The molecule has 1 N–H and O–H groups in total. The van der Waals surface area contributed by atoms with Crippen LogP contribution < -0.4 is 19.5 Å². The Labute approximate surface area is 177 Å². The van der Waals surface area contributed by atoms with E-state index in [-0.39, 0.29) is 11.9 Å². The van der Waals surface area contributed by atoms with Gasteiger partial charge in [0.15, 0.2) is 11.5 Å². The second-order valence-corrected chi connectivity index (χ2v) is 6.82. The van der Waals surface area contributed by atoms with E-state index in [1.54, 1.807) is 20.3 Å². The van der Waals surface area contributed by atoms with Crippen molar-refractivity contribution in [2.75, 3.05) is 14.2 Å². The molecule has 0 spiro atoms. The van der Waals surface area contributed by atoms with Crippen LogP contribution >= 0.6 is 0 Å². The SMILES string of the molecule is CC[C@@H](NC(=O)c1ccccc1OCc1ccccc1)c1ccc(OC)c(OC)c1. The molecule has 0 saturated heterocycles. The molecule has 30 heavy (non-hydrogen) atoms. The first-order valence-corrected chi connectivity index (χ1v) is 9.94. The third kappa shape index (κ3) is 5.11. The standard InChI is InChI=1S/C25H27NO4/c1-4-21(19-14-15-23(28-2)24(16-19)29-3)26-25(27)20-12-8-9-13-22(20)30-17-18-10-6-5-7-11-18/h5-16,21H,4,17H2,1-3H3,(H,26,27)/t21-/m1/s1. The molecule has 0 aliphatic carbocycles. The van der Waals surface area contributed by atoms with Gasteiger partial charge in [-0.05, 0) is 41.8 Å². The molecule has 0 aliphatic rings. The van der Waals surface area contributed by atoms with Crippen LogP contribution in [0.1, 0.15) is 40.9 Å². The van der Waals surface area contributed by atoms with E-state index in [1.165, 1.54) is 0 Å². The molecule has 5 heteroatoms. The van der Waals surface area contributed by atoms with Crippen LogP contribution in [0.15, 0.2) is 72.8 Å². The van der Waals surface area contributed by atoms with E-state index in [4.69, 9.17) is 14.2 Å². The maximum atomic E-state index is 13.0. The Morgan fingerprint density at radius 1 is 0.867 bits per heavy atom. The highest BCUT2D eigenvalue weighted by atomic mass is 16.5. The summed E-state index contributed by atoms with van der Waals surface area (Å²) >= 11 is 0. The van der Waals surface area contributed by atoms with Crippen LogP contribution in [0, 0.1) is 0 Å². The number of para-hydroxylation sites is 1. The van der Waals surface area contributed by atoms with Crippen molar-refractivity contribution < 1.29 is 19.0 Å². The molecule has 0 unspecified atom stereocenters. The van der Waals surface area contributed by atoms with Gasteiger partial charge in [0.05, 0.1) is 25.8 Å². The molecule has 0 heterocycles. The molecule has 0 fully saturated rings. The zero-order valence-electron chi connectivity index (χ0n) is 17.6. The fraction of sp³-hybridized carbons (Fsp3) is 0.240. The number of amides is 1. The van der Waals surface area contributed by atoms with Crippen LogP contribution in [0.5, 0.6) is 17.2 Å². The summed E-state index contributed by atoms with van der Waals surface area (Å²) in [7, 11) is 3.20. The number of hydrogen-bond donors (Lipinski definition) is 1. The molecular weight excluding hydrogens is 378 g/mol. The van der Waals surface area contributed by atoms with Crippen molar-refractivity contribution in [3.05, 3.63) is 89.5 Å². The number of benzene rings is 3. The summed E-state index contributed by atoms with van der Waals surface area (Å²) in [6, 6.07) is 22.7. The smallest absolute Gasteiger partial charge is 0.255 e.